The molecular weight excluding hydrogens is 507 g/mol. The first-order valence-corrected chi connectivity index (χ1v) is 13.1. The van der Waals surface area contributed by atoms with Crippen molar-refractivity contribution in [2.75, 3.05) is 26.8 Å². The van der Waals surface area contributed by atoms with Crippen molar-refractivity contribution in [3.8, 4) is 22.6 Å². The summed E-state index contributed by atoms with van der Waals surface area (Å²) >= 11 is 0. The van der Waals surface area contributed by atoms with Crippen molar-refractivity contribution >= 4 is 22.8 Å². The number of aryl methyl sites for hydroxylation is 1. The molecule has 10 nitrogen and oxygen atoms in total. The molecule has 0 bridgehead atoms. The van der Waals surface area contributed by atoms with E-state index in [1.807, 2.05) is 0 Å². The van der Waals surface area contributed by atoms with E-state index in [0.717, 1.165) is 12.8 Å². The van der Waals surface area contributed by atoms with Crippen molar-refractivity contribution in [1.29, 1.82) is 0 Å². The Morgan fingerprint density at radius 1 is 1.26 bits per heavy atom. The number of amides is 2. The lowest BCUT2D eigenvalue weighted by Crippen LogP contribution is -2.56. The summed E-state index contributed by atoms with van der Waals surface area (Å²) in [7, 11) is 1.40. The number of aromatic nitrogens is 2. The molecule has 0 spiro atoms. The van der Waals surface area contributed by atoms with E-state index in [-0.39, 0.29) is 12.3 Å². The number of ether oxygens (including phenoxy) is 2. The number of piperidine rings is 1. The Kier molecular flexibility index (Phi) is 7.46. The van der Waals surface area contributed by atoms with Crippen LogP contribution in [0, 0.1) is 18.7 Å². The number of benzene rings is 1. The average molecular weight is 541 g/mol. The smallest absolute Gasteiger partial charge is 0.255 e. The van der Waals surface area contributed by atoms with Crippen molar-refractivity contribution in [2.45, 2.75) is 51.4 Å². The van der Waals surface area contributed by atoms with Gasteiger partial charge in [0.15, 0.2) is 11.6 Å². The van der Waals surface area contributed by atoms with Gasteiger partial charge in [-0.1, -0.05) is 0 Å². The summed E-state index contributed by atoms with van der Waals surface area (Å²) in [5.74, 6) is -0.474. The number of likely N-dealkylation sites (tertiary alicyclic amines) is 1. The minimum atomic E-state index is -1.15. The van der Waals surface area contributed by atoms with Gasteiger partial charge in [0.05, 0.1) is 36.9 Å². The summed E-state index contributed by atoms with van der Waals surface area (Å²) in [6, 6.07) is 4.10. The molecule has 2 amide bonds. The molecule has 208 valence electrons. The number of carbonyl (C=O) groups excluding carboxylic acids is 2. The topological polar surface area (TPSA) is 137 Å². The van der Waals surface area contributed by atoms with Crippen molar-refractivity contribution < 1.29 is 33.7 Å². The molecule has 11 heteroatoms. The van der Waals surface area contributed by atoms with E-state index in [1.54, 1.807) is 25.3 Å². The van der Waals surface area contributed by atoms with Gasteiger partial charge in [0.2, 0.25) is 0 Å². The molecule has 1 aliphatic heterocycles. The van der Waals surface area contributed by atoms with E-state index in [2.05, 4.69) is 15.3 Å². The fourth-order valence-corrected chi connectivity index (χ4v) is 5.03. The van der Waals surface area contributed by atoms with Gasteiger partial charge in [-0.15, -0.1) is 0 Å². The number of hydrogen-bond acceptors (Lipinski definition) is 7. The van der Waals surface area contributed by atoms with E-state index < -0.39 is 35.9 Å². The van der Waals surface area contributed by atoms with Crippen LogP contribution in [0.4, 0.5) is 4.39 Å². The van der Waals surface area contributed by atoms with E-state index in [9.17, 15) is 24.2 Å². The lowest BCUT2D eigenvalue weighted by atomic mass is 10.00. The summed E-state index contributed by atoms with van der Waals surface area (Å²) in [5, 5.41) is 23.1. The third-order valence-corrected chi connectivity index (χ3v) is 7.39. The highest BCUT2D eigenvalue weighted by atomic mass is 19.1. The SMILES string of the molecule is COc1cc(-c2ccnc3c(C(=O)N[C@@H]4CCN(C(=O)[C@H](C)O)C[C@@H]4O)c(C)[nH]c23)c(OCC2CC2)cc1F. The summed E-state index contributed by atoms with van der Waals surface area (Å²) in [6.07, 6.45) is 1.95. The fourth-order valence-electron chi connectivity index (χ4n) is 5.03. The summed E-state index contributed by atoms with van der Waals surface area (Å²) in [4.78, 5) is 34.6. The molecule has 3 atom stereocenters. The molecular formula is C28H33FN4O6. The van der Waals surface area contributed by atoms with Crippen molar-refractivity contribution in [2.24, 2.45) is 5.92 Å². The number of nitrogens with one attached hydrogen (secondary N) is 2. The zero-order valence-corrected chi connectivity index (χ0v) is 22.2. The first-order valence-electron chi connectivity index (χ1n) is 13.1. The van der Waals surface area contributed by atoms with Crippen LogP contribution < -0.4 is 14.8 Å². The number of β-amino-alcohol motifs (C(OH)–C–C–N with tert-alkyl or cyclic N) is 1. The molecule has 2 fully saturated rings. The number of fused-ring (bicyclic) bond motifs is 1. The molecule has 4 N–H and O–H groups in total. The normalized spacial score (nSPS) is 20.1. The van der Waals surface area contributed by atoms with Crippen LogP contribution in [0.3, 0.4) is 0 Å². The Balaban J connectivity index is 1.44. The van der Waals surface area contributed by atoms with E-state index in [1.165, 1.54) is 25.0 Å². The number of carbonyl (C=O) groups is 2. The summed E-state index contributed by atoms with van der Waals surface area (Å²) in [5.41, 5.74) is 3.21. The standard InChI is InChI=1S/C28H33FN4O6/c1-14-24(27(36)32-20-7-9-33(12-21(20)35)28(37)15(2)34)26-25(31-14)17(6-8-30-26)18-10-23(38-3)19(29)11-22(18)39-13-16-4-5-16/h6,8,10-11,15-16,20-21,31,34-35H,4-5,7,9,12-13H2,1-3H3,(H,32,36)/t15-,20+,21-/m0/s1. The number of hydrogen-bond donors (Lipinski definition) is 4. The number of aliphatic hydroxyl groups excluding tert-OH is 2. The van der Waals surface area contributed by atoms with Crippen LogP contribution in [0.25, 0.3) is 22.2 Å². The summed E-state index contributed by atoms with van der Waals surface area (Å²) in [6.45, 7) is 3.95. The van der Waals surface area contributed by atoms with Gasteiger partial charge >= 0.3 is 0 Å². The molecule has 5 rings (SSSR count). The van der Waals surface area contributed by atoms with Gasteiger partial charge in [0.1, 0.15) is 17.4 Å². The minimum absolute atomic E-state index is 0.0139. The second-order valence-electron chi connectivity index (χ2n) is 10.3. The van der Waals surface area contributed by atoms with Gasteiger partial charge in [-0.3, -0.25) is 14.6 Å². The quantitative estimate of drug-likeness (QED) is 0.345. The van der Waals surface area contributed by atoms with E-state index in [0.29, 0.717) is 64.7 Å². The van der Waals surface area contributed by atoms with Crippen LogP contribution in [-0.4, -0.2) is 82.0 Å². The molecule has 1 aromatic carbocycles. The largest absolute Gasteiger partial charge is 0.494 e. The first-order chi connectivity index (χ1) is 18.7. The van der Waals surface area contributed by atoms with Gasteiger partial charge in [0, 0.05) is 42.2 Å². The lowest BCUT2D eigenvalue weighted by Gasteiger charge is -2.36. The predicted octanol–water partition coefficient (Wildman–Crippen LogP) is 2.55. The Labute approximate surface area is 225 Å². The second-order valence-corrected chi connectivity index (χ2v) is 10.3. The van der Waals surface area contributed by atoms with Crippen LogP contribution in [-0.2, 0) is 4.79 Å². The van der Waals surface area contributed by atoms with E-state index in [4.69, 9.17) is 9.47 Å². The number of aliphatic hydroxyl groups is 2. The molecule has 1 aliphatic carbocycles. The fraction of sp³-hybridized carbons (Fsp3) is 0.464. The summed E-state index contributed by atoms with van der Waals surface area (Å²) < 4.78 is 25.8. The molecule has 39 heavy (non-hydrogen) atoms. The number of rotatable bonds is 8. The molecule has 0 unspecified atom stereocenters. The van der Waals surface area contributed by atoms with Crippen LogP contribution in [0.2, 0.25) is 0 Å². The Morgan fingerprint density at radius 2 is 2.03 bits per heavy atom. The molecule has 3 heterocycles. The number of pyridine rings is 1. The van der Waals surface area contributed by atoms with Gasteiger partial charge in [0.25, 0.3) is 11.8 Å². The zero-order chi connectivity index (χ0) is 27.8. The third-order valence-electron chi connectivity index (χ3n) is 7.39. The van der Waals surface area contributed by atoms with Gasteiger partial charge < -0.3 is 34.9 Å². The first kappa shape index (κ1) is 26.9. The lowest BCUT2D eigenvalue weighted by molar-refractivity contribution is -0.142. The predicted molar refractivity (Wildman–Crippen MR) is 141 cm³/mol. The molecule has 2 aliphatic rings. The molecule has 1 saturated heterocycles. The molecule has 3 aromatic rings. The van der Waals surface area contributed by atoms with Crippen molar-refractivity contribution in [1.82, 2.24) is 20.2 Å². The van der Waals surface area contributed by atoms with Gasteiger partial charge in [-0.05, 0) is 51.2 Å². The maximum Gasteiger partial charge on any atom is 0.255 e. The molecule has 2 aromatic heterocycles. The van der Waals surface area contributed by atoms with Gasteiger partial charge in [-0.25, -0.2) is 4.39 Å². The van der Waals surface area contributed by atoms with Crippen LogP contribution in [0.5, 0.6) is 11.5 Å². The van der Waals surface area contributed by atoms with Crippen LogP contribution in [0.15, 0.2) is 24.4 Å². The highest BCUT2D eigenvalue weighted by Gasteiger charge is 2.33. The number of methoxy groups -OCH3 is 1. The van der Waals surface area contributed by atoms with Crippen molar-refractivity contribution in [3.05, 3.63) is 41.5 Å². The minimum Gasteiger partial charge on any atom is -0.494 e. The van der Waals surface area contributed by atoms with Crippen molar-refractivity contribution in [3.63, 3.8) is 0 Å². The highest BCUT2D eigenvalue weighted by Crippen LogP contribution is 2.40. The maximum atomic E-state index is 14.6. The zero-order valence-electron chi connectivity index (χ0n) is 22.2. The molecule has 0 radical (unpaired) electrons. The monoisotopic (exact) mass is 540 g/mol. The third kappa shape index (κ3) is 5.41. The van der Waals surface area contributed by atoms with Gasteiger partial charge in [-0.2, -0.15) is 0 Å². The number of aromatic amines is 1. The Hall–Kier alpha value is -3.70. The Bertz CT molecular complexity index is 1400. The number of nitrogens with zero attached hydrogens (tertiary/aromatic N) is 2. The maximum absolute atomic E-state index is 14.6. The second kappa shape index (κ2) is 10.8. The van der Waals surface area contributed by atoms with E-state index >= 15 is 0 Å². The average Bonchev–Trinajstić information content (AvgIpc) is 3.67. The Morgan fingerprint density at radius 3 is 2.69 bits per heavy atom. The highest BCUT2D eigenvalue weighted by molar-refractivity contribution is 6.10. The van der Waals surface area contributed by atoms with Crippen LogP contribution in [0.1, 0.15) is 42.2 Å². The van der Waals surface area contributed by atoms with Crippen LogP contribution >= 0.6 is 0 Å². The number of halogens is 1. The molecule has 1 saturated carbocycles. The number of H-pyrrole nitrogens is 1.